The molecule has 18 heavy (non-hydrogen) atoms. The van der Waals surface area contributed by atoms with Crippen LogP contribution in [0.3, 0.4) is 0 Å². The summed E-state index contributed by atoms with van der Waals surface area (Å²) in [5, 5.41) is 3.79. The molecule has 0 spiro atoms. The fraction of sp³-hybridized carbons (Fsp3) is 1.00. The van der Waals surface area contributed by atoms with E-state index in [0.29, 0.717) is 10.8 Å². The zero-order chi connectivity index (χ0) is 13.3. The summed E-state index contributed by atoms with van der Waals surface area (Å²) in [5.74, 6) is 0. The molecular weight excluding hydrogens is 238 g/mol. The second-order valence-electron chi connectivity index (χ2n) is 6.08. The topological polar surface area (TPSA) is 12.0 Å². The zero-order valence-corrected chi connectivity index (χ0v) is 13.6. The van der Waals surface area contributed by atoms with Gasteiger partial charge < -0.3 is 5.32 Å². The van der Waals surface area contributed by atoms with E-state index in [4.69, 9.17) is 0 Å². The van der Waals surface area contributed by atoms with Crippen LogP contribution in [0.1, 0.15) is 78.1 Å². The van der Waals surface area contributed by atoms with Gasteiger partial charge in [0.2, 0.25) is 0 Å². The van der Waals surface area contributed by atoms with E-state index < -0.39 is 0 Å². The van der Waals surface area contributed by atoms with E-state index in [9.17, 15) is 0 Å². The third-order valence-corrected chi connectivity index (χ3v) is 5.88. The van der Waals surface area contributed by atoms with E-state index in [2.05, 4.69) is 37.2 Å². The van der Waals surface area contributed by atoms with Crippen LogP contribution in [0.5, 0.6) is 0 Å². The van der Waals surface area contributed by atoms with Crippen molar-refractivity contribution in [3.05, 3.63) is 0 Å². The molecule has 1 aliphatic carbocycles. The number of thioether (sulfide) groups is 1. The third-order valence-electron chi connectivity index (χ3n) is 4.46. The Morgan fingerprint density at radius 3 is 2.39 bits per heavy atom. The maximum atomic E-state index is 3.79. The van der Waals surface area contributed by atoms with E-state index in [1.165, 1.54) is 70.8 Å². The summed E-state index contributed by atoms with van der Waals surface area (Å²) in [4.78, 5) is 0. The van der Waals surface area contributed by atoms with Gasteiger partial charge in [-0.3, -0.25) is 0 Å². The lowest BCUT2D eigenvalue weighted by Gasteiger charge is -2.29. The van der Waals surface area contributed by atoms with Crippen LogP contribution in [0.2, 0.25) is 0 Å². The van der Waals surface area contributed by atoms with Crippen molar-refractivity contribution in [1.29, 1.82) is 0 Å². The van der Waals surface area contributed by atoms with Crippen molar-refractivity contribution in [2.24, 2.45) is 0 Å². The van der Waals surface area contributed by atoms with E-state index in [1.807, 2.05) is 0 Å². The Labute approximate surface area is 119 Å². The fourth-order valence-corrected chi connectivity index (χ4v) is 3.91. The second-order valence-corrected chi connectivity index (χ2v) is 7.35. The Balaban J connectivity index is 2.06. The molecule has 0 aliphatic heterocycles. The second kappa shape index (κ2) is 9.25. The van der Waals surface area contributed by atoms with Crippen LogP contribution in [0.15, 0.2) is 0 Å². The smallest absolute Gasteiger partial charge is 0.0281 e. The average Bonchev–Trinajstić information content (AvgIpc) is 2.86. The molecule has 1 nitrogen and oxygen atoms in total. The zero-order valence-electron chi connectivity index (χ0n) is 12.8. The Hall–Kier alpha value is 0.310. The van der Waals surface area contributed by atoms with Crippen molar-refractivity contribution < 1.29 is 0 Å². The Morgan fingerprint density at radius 1 is 1.11 bits per heavy atom. The van der Waals surface area contributed by atoms with Gasteiger partial charge in [-0.25, -0.2) is 0 Å². The number of rotatable bonds is 10. The Morgan fingerprint density at radius 2 is 1.78 bits per heavy atom. The lowest BCUT2D eigenvalue weighted by Crippen LogP contribution is -2.39. The molecule has 2 heteroatoms. The molecule has 1 N–H and O–H groups in total. The summed E-state index contributed by atoms with van der Waals surface area (Å²) in [6, 6.07) is 0.705. The predicted molar refractivity (Wildman–Crippen MR) is 85.6 cm³/mol. The van der Waals surface area contributed by atoms with Crippen LogP contribution in [-0.2, 0) is 0 Å². The average molecular weight is 272 g/mol. The molecule has 0 aromatic carbocycles. The quantitative estimate of drug-likeness (QED) is 0.561. The van der Waals surface area contributed by atoms with Crippen molar-refractivity contribution in [1.82, 2.24) is 5.32 Å². The van der Waals surface area contributed by atoms with Crippen LogP contribution in [0, 0.1) is 0 Å². The highest BCUT2D eigenvalue weighted by Gasteiger charge is 2.32. The highest BCUT2D eigenvalue weighted by Crippen LogP contribution is 2.39. The van der Waals surface area contributed by atoms with Gasteiger partial charge in [0.15, 0.2) is 0 Å². The summed E-state index contributed by atoms with van der Waals surface area (Å²) in [6.07, 6.45) is 16.4. The molecule has 0 radical (unpaired) electrons. The monoisotopic (exact) mass is 271 g/mol. The molecule has 1 fully saturated rings. The first kappa shape index (κ1) is 16.4. The van der Waals surface area contributed by atoms with Gasteiger partial charge in [-0.2, -0.15) is 11.8 Å². The van der Waals surface area contributed by atoms with Crippen molar-refractivity contribution in [3.8, 4) is 0 Å². The first-order valence-corrected chi connectivity index (χ1v) is 9.23. The maximum Gasteiger partial charge on any atom is 0.0281 e. The maximum absolute atomic E-state index is 3.79. The first-order valence-electron chi connectivity index (χ1n) is 8.01. The summed E-state index contributed by atoms with van der Waals surface area (Å²) in [5.41, 5.74) is 0. The van der Waals surface area contributed by atoms with Gasteiger partial charge in [0.05, 0.1) is 0 Å². The number of hydrogen-bond donors (Lipinski definition) is 1. The van der Waals surface area contributed by atoms with Crippen LogP contribution in [0.25, 0.3) is 0 Å². The Bertz CT molecular complexity index is 199. The van der Waals surface area contributed by atoms with E-state index in [-0.39, 0.29) is 0 Å². The van der Waals surface area contributed by atoms with Crippen molar-refractivity contribution >= 4 is 11.8 Å². The minimum atomic E-state index is 0.566. The van der Waals surface area contributed by atoms with Crippen LogP contribution in [-0.4, -0.2) is 23.6 Å². The number of unbranched alkanes of at least 4 members (excludes halogenated alkanes) is 4. The molecule has 0 heterocycles. The molecule has 1 atom stereocenters. The molecule has 0 amide bonds. The minimum Gasteiger partial charge on any atom is -0.313 e. The van der Waals surface area contributed by atoms with Crippen molar-refractivity contribution in [3.63, 3.8) is 0 Å². The molecule has 1 rings (SSSR count). The molecule has 1 aliphatic rings. The van der Waals surface area contributed by atoms with Crippen molar-refractivity contribution in [2.45, 2.75) is 88.8 Å². The van der Waals surface area contributed by atoms with E-state index in [1.54, 1.807) is 0 Å². The molecule has 0 aromatic heterocycles. The molecule has 0 aromatic rings. The van der Waals surface area contributed by atoms with Crippen LogP contribution in [0.4, 0.5) is 0 Å². The molecule has 1 unspecified atom stereocenters. The SMILES string of the molecule is CCCCCCCC(C)NCC1(SC)CCCC1. The normalized spacial score (nSPS) is 20.2. The predicted octanol–water partition coefficient (Wildman–Crippen LogP) is 5.00. The third kappa shape index (κ3) is 5.97. The van der Waals surface area contributed by atoms with Gasteiger partial charge in [0, 0.05) is 17.3 Å². The highest BCUT2D eigenvalue weighted by molar-refractivity contribution is 8.00. The Kier molecular flexibility index (Phi) is 8.41. The summed E-state index contributed by atoms with van der Waals surface area (Å²) < 4.78 is 0.566. The number of hydrogen-bond acceptors (Lipinski definition) is 2. The van der Waals surface area contributed by atoms with Gasteiger partial charge in [0.25, 0.3) is 0 Å². The summed E-state index contributed by atoms with van der Waals surface area (Å²) >= 11 is 2.09. The van der Waals surface area contributed by atoms with Gasteiger partial charge in [-0.1, -0.05) is 51.9 Å². The van der Waals surface area contributed by atoms with Gasteiger partial charge in [0.1, 0.15) is 0 Å². The molecule has 108 valence electrons. The minimum absolute atomic E-state index is 0.566. The standard InChI is InChI=1S/C16H33NS/c1-4-5-6-7-8-11-15(2)17-14-16(18-3)12-9-10-13-16/h15,17H,4-14H2,1-3H3. The molecular formula is C16H33NS. The van der Waals surface area contributed by atoms with Gasteiger partial charge >= 0.3 is 0 Å². The summed E-state index contributed by atoms with van der Waals surface area (Å²) in [7, 11) is 0. The van der Waals surface area contributed by atoms with Gasteiger partial charge in [-0.15, -0.1) is 0 Å². The lowest BCUT2D eigenvalue weighted by atomic mass is 10.0. The van der Waals surface area contributed by atoms with Crippen LogP contribution < -0.4 is 5.32 Å². The largest absolute Gasteiger partial charge is 0.313 e. The molecule has 0 saturated heterocycles. The van der Waals surface area contributed by atoms with E-state index >= 15 is 0 Å². The van der Waals surface area contributed by atoms with Crippen LogP contribution >= 0.6 is 11.8 Å². The van der Waals surface area contributed by atoms with Gasteiger partial charge in [-0.05, 0) is 32.4 Å². The molecule has 0 bridgehead atoms. The number of nitrogens with one attached hydrogen (secondary N) is 1. The first-order chi connectivity index (χ1) is 8.72. The van der Waals surface area contributed by atoms with E-state index in [0.717, 1.165) is 0 Å². The fourth-order valence-electron chi connectivity index (χ4n) is 2.99. The van der Waals surface area contributed by atoms with Crippen molar-refractivity contribution in [2.75, 3.05) is 12.8 Å². The lowest BCUT2D eigenvalue weighted by molar-refractivity contribution is 0.441. The highest BCUT2D eigenvalue weighted by atomic mass is 32.2. The summed E-state index contributed by atoms with van der Waals surface area (Å²) in [6.45, 7) is 5.88. The molecule has 1 saturated carbocycles.